The van der Waals surface area contributed by atoms with E-state index in [1.165, 1.54) is 0 Å². The first-order valence-electron chi connectivity index (χ1n) is 12.0. The molecule has 0 aromatic carbocycles. The molecule has 0 heterocycles. The van der Waals surface area contributed by atoms with Crippen LogP contribution in [0.3, 0.4) is 0 Å². The largest absolute Gasteiger partial charge is 0.476 e. The van der Waals surface area contributed by atoms with Crippen molar-refractivity contribution in [1.82, 2.24) is 0 Å². The van der Waals surface area contributed by atoms with Crippen molar-refractivity contribution < 1.29 is 57.4 Å². The number of ketones is 1. The number of hydrogen-bond acceptors (Lipinski definition) is 11. The Balaban J connectivity index is 3.14. The van der Waals surface area contributed by atoms with Gasteiger partial charge in [0, 0.05) is 13.0 Å². The van der Waals surface area contributed by atoms with Gasteiger partial charge in [0.15, 0.2) is 0 Å². The van der Waals surface area contributed by atoms with Gasteiger partial charge in [-0.1, -0.05) is 13.3 Å². The van der Waals surface area contributed by atoms with Gasteiger partial charge in [0.1, 0.15) is 6.61 Å². The fourth-order valence-corrected chi connectivity index (χ4v) is 2.28. The summed E-state index contributed by atoms with van der Waals surface area (Å²) in [5.41, 5.74) is 0. The van der Waals surface area contributed by atoms with E-state index in [2.05, 4.69) is 6.92 Å². The number of hydrogen-bond donors (Lipinski definition) is 1. The number of carbonyl (C=O) groups is 3. The fourth-order valence-electron chi connectivity index (χ4n) is 2.28. The van der Waals surface area contributed by atoms with Crippen LogP contribution >= 0.6 is 0 Å². The molecule has 0 fully saturated rings. The molecule has 12 nitrogen and oxygen atoms in total. The normalized spacial score (nSPS) is 11.0. The van der Waals surface area contributed by atoms with Gasteiger partial charge in [0.2, 0.25) is 5.78 Å². The van der Waals surface area contributed by atoms with Crippen LogP contribution in [0.5, 0.6) is 0 Å². The molecule has 0 atom stereocenters. The molecule has 0 spiro atoms. The second-order valence-corrected chi connectivity index (χ2v) is 7.09. The van der Waals surface area contributed by atoms with E-state index < -0.39 is 17.7 Å². The summed E-state index contributed by atoms with van der Waals surface area (Å²) in [6.07, 6.45) is 1.57. The first kappa shape index (κ1) is 33.3. The summed E-state index contributed by atoms with van der Waals surface area (Å²) in [4.78, 5) is 32.5. The van der Waals surface area contributed by atoms with E-state index >= 15 is 0 Å². The topological polar surface area (TPSA) is 145 Å². The molecule has 0 aromatic rings. The van der Waals surface area contributed by atoms with Crippen LogP contribution in [0, 0.1) is 0 Å². The predicted molar refractivity (Wildman–Crippen MR) is 123 cm³/mol. The average molecular weight is 511 g/mol. The van der Waals surface area contributed by atoms with Crippen LogP contribution in [0.25, 0.3) is 0 Å². The Morgan fingerprint density at radius 2 is 0.857 bits per heavy atom. The van der Waals surface area contributed by atoms with Gasteiger partial charge in [-0.15, -0.1) is 0 Å². The summed E-state index contributed by atoms with van der Waals surface area (Å²) in [6, 6.07) is 0. The highest BCUT2D eigenvalue weighted by atomic mass is 16.6. The SMILES string of the molecule is CCCCOCCOCCOCCOCCOCCOCCOCCOC(=O)CCC(=O)C(=O)O. The van der Waals surface area contributed by atoms with Crippen LogP contribution < -0.4 is 0 Å². The molecule has 12 heteroatoms. The molecule has 1 N–H and O–H groups in total. The van der Waals surface area contributed by atoms with Gasteiger partial charge in [-0.25, -0.2) is 4.79 Å². The Morgan fingerprint density at radius 3 is 1.20 bits per heavy atom. The molecule has 35 heavy (non-hydrogen) atoms. The molecule has 0 aliphatic heterocycles. The molecule has 0 saturated heterocycles. The number of unbranched alkanes of at least 4 members (excludes halogenated alkanes) is 1. The number of ether oxygens (including phenoxy) is 8. The Labute approximate surface area is 207 Å². The van der Waals surface area contributed by atoms with E-state index in [4.69, 9.17) is 43.0 Å². The van der Waals surface area contributed by atoms with Crippen molar-refractivity contribution in [2.24, 2.45) is 0 Å². The minimum Gasteiger partial charge on any atom is -0.476 e. The zero-order chi connectivity index (χ0) is 25.8. The summed E-state index contributed by atoms with van der Waals surface area (Å²) >= 11 is 0. The van der Waals surface area contributed by atoms with Gasteiger partial charge in [-0.05, 0) is 6.42 Å². The zero-order valence-electron chi connectivity index (χ0n) is 20.9. The molecule has 0 rings (SSSR count). The monoisotopic (exact) mass is 510 g/mol. The quantitative estimate of drug-likeness (QED) is 0.0906. The van der Waals surface area contributed by atoms with Gasteiger partial charge in [0.25, 0.3) is 0 Å². The maximum Gasteiger partial charge on any atom is 0.372 e. The highest BCUT2D eigenvalue weighted by molar-refractivity contribution is 6.32. The van der Waals surface area contributed by atoms with Crippen LogP contribution in [0.2, 0.25) is 0 Å². The molecule has 0 amide bonds. The van der Waals surface area contributed by atoms with E-state index in [9.17, 15) is 14.4 Å². The second-order valence-electron chi connectivity index (χ2n) is 7.09. The first-order chi connectivity index (χ1) is 17.1. The van der Waals surface area contributed by atoms with Gasteiger partial charge >= 0.3 is 11.9 Å². The third-order valence-corrected chi connectivity index (χ3v) is 4.16. The third-order valence-electron chi connectivity index (χ3n) is 4.16. The average Bonchev–Trinajstić information content (AvgIpc) is 2.85. The fraction of sp³-hybridized carbons (Fsp3) is 0.870. The van der Waals surface area contributed by atoms with Crippen molar-refractivity contribution in [1.29, 1.82) is 0 Å². The van der Waals surface area contributed by atoms with Crippen molar-refractivity contribution in [2.75, 3.05) is 99.1 Å². The molecule has 206 valence electrons. The lowest BCUT2D eigenvalue weighted by Gasteiger charge is -2.08. The minimum absolute atomic E-state index is 0.0245. The highest BCUT2D eigenvalue weighted by Crippen LogP contribution is 1.95. The Kier molecular flexibility index (Phi) is 25.6. The Hall–Kier alpha value is -1.67. The van der Waals surface area contributed by atoms with E-state index in [1.807, 2.05) is 0 Å². The van der Waals surface area contributed by atoms with Crippen molar-refractivity contribution >= 4 is 17.7 Å². The summed E-state index contributed by atoms with van der Waals surface area (Å²) in [5, 5.41) is 8.41. The molecule has 0 saturated carbocycles. The molecule has 0 aliphatic carbocycles. The van der Waals surface area contributed by atoms with Crippen LogP contribution in [0.4, 0.5) is 0 Å². The number of carbonyl (C=O) groups excluding carboxylic acids is 2. The number of aliphatic carboxylic acids is 1. The van der Waals surface area contributed by atoms with Crippen molar-refractivity contribution in [2.45, 2.75) is 32.6 Å². The first-order valence-corrected chi connectivity index (χ1v) is 12.0. The lowest BCUT2D eigenvalue weighted by atomic mass is 10.2. The van der Waals surface area contributed by atoms with E-state index in [-0.39, 0.29) is 26.1 Å². The number of rotatable bonds is 28. The number of carboxylic acid groups (broad SMARTS) is 1. The van der Waals surface area contributed by atoms with Gasteiger partial charge in [0.05, 0.1) is 92.3 Å². The van der Waals surface area contributed by atoms with Gasteiger partial charge in [-0.3, -0.25) is 9.59 Å². The van der Waals surface area contributed by atoms with E-state index in [1.54, 1.807) is 0 Å². The maximum atomic E-state index is 11.3. The zero-order valence-corrected chi connectivity index (χ0v) is 20.9. The molecule has 0 bridgehead atoms. The standard InChI is InChI=1S/C23H42O12/c1-2-3-6-28-7-8-29-9-10-30-11-12-31-13-14-32-15-16-33-17-18-34-19-20-35-22(25)5-4-21(24)23(26)27/h2-20H2,1H3,(H,26,27). The Bertz CT molecular complexity index is 515. The highest BCUT2D eigenvalue weighted by Gasteiger charge is 2.14. The molecular formula is C23H42O12. The molecule has 0 unspecified atom stereocenters. The van der Waals surface area contributed by atoms with Crippen LogP contribution in [-0.4, -0.2) is 122 Å². The van der Waals surface area contributed by atoms with Crippen molar-refractivity contribution in [3.8, 4) is 0 Å². The van der Waals surface area contributed by atoms with Crippen LogP contribution in [-0.2, 0) is 52.3 Å². The van der Waals surface area contributed by atoms with Crippen molar-refractivity contribution in [3.05, 3.63) is 0 Å². The molecule has 0 aliphatic rings. The second kappa shape index (κ2) is 26.9. The van der Waals surface area contributed by atoms with E-state index in [0.29, 0.717) is 79.3 Å². The molecule has 0 radical (unpaired) electrons. The number of Topliss-reactive ketones (excluding diaryl/α,β-unsaturated/α-hetero) is 1. The summed E-state index contributed by atoms with van der Waals surface area (Å²) in [5.74, 6) is -3.22. The lowest BCUT2D eigenvalue weighted by Crippen LogP contribution is -2.17. The summed E-state index contributed by atoms with van der Waals surface area (Å²) < 4.78 is 42.4. The van der Waals surface area contributed by atoms with Crippen molar-refractivity contribution in [3.63, 3.8) is 0 Å². The number of esters is 1. The Morgan fingerprint density at radius 1 is 0.514 bits per heavy atom. The summed E-state index contributed by atoms with van der Waals surface area (Å²) in [7, 11) is 0. The number of carboxylic acids is 1. The van der Waals surface area contributed by atoms with E-state index in [0.717, 1.165) is 19.4 Å². The molecule has 0 aromatic heterocycles. The predicted octanol–water partition coefficient (Wildman–Crippen LogP) is 0.880. The maximum absolute atomic E-state index is 11.3. The third kappa shape index (κ3) is 26.8. The van der Waals surface area contributed by atoms with Gasteiger partial charge in [-0.2, -0.15) is 0 Å². The summed E-state index contributed by atoms with van der Waals surface area (Å²) in [6.45, 7) is 8.87. The lowest BCUT2D eigenvalue weighted by molar-refractivity contribution is -0.151. The van der Waals surface area contributed by atoms with Crippen LogP contribution in [0.15, 0.2) is 0 Å². The smallest absolute Gasteiger partial charge is 0.372 e. The minimum atomic E-state index is -1.56. The van der Waals surface area contributed by atoms with Gasteiger partial charge < -0.3 is 43.0 Å². The molecular weight excluding hydrogens is 468 g/mol. The van der Waals surface area contributed by atoms with Crippen LogP contribution in [0.1, 0.15) is 32.6 Å².